The molecule has 30 heavy (non-hydrogen) atoms. The molecule has 2 aromatic carbocycles. The van der Waals surface area contributed by atoms with Crippen molar-refractivity contribution >= 4 is 49.7 Å². The standard InChI is InChI=1S/C20H23FN4O3S2/c1-10(2)18(19-11(3)14-8-12(21)4-7-17(14)28-19)25-20(29)24-16-9-13(30(23,26)27)5-6-15(16)22/h4-10,18H,22H2,1-3H3,(H2,23,26,27)(H2,24,25,29)/t18-/m0/s1. The fraction of sp³-hybridized carbons (Fsp3) is 0.250. The van der Waals surface area contributed by atoms with Gasteiger partial charge in [-0.2, -0.15) is 0 Å². The van der Waals surface area contributed by atoms with E-state index in [1.165, 1.54) is 30.3 Å². The molecule has 6 N–H and O–H groups in total. The van der Waals surface area contributed by atoms with E-state index in [1.807, 2.05) is 20.8 Å². The molecule has 0 saturated heterocycles. The van der Waals surface area contributed by atoms with Gasteiger partial charge in [0.05, 0.1) is 22.3 Å². The van der Waals surface area contributed by atoms with Crippen LogP contribution in [0.1, 0.15) is 31.2 Å². The second-order valence-corrected chi connectivity index (χ2v) is 9.32. The smallest absolute Gasteiger partial charge is 0.238 e. The van der Waals surface area contributed by atoms with Crippen LogP contribution in [-0.2, 0) is 10.0 Å². The Labute approximate surface area is 179 Å². The van der Waals surface area contributed by atoms with E-state index in [4.69, 9.17) is 27.5 Å². The molecule has 0 spiro atoms. The van der Waals surface area contributed by atoms with E-state index >= 15 is 0 Å². The van der Waals surface area contributed by atoms with Gasteiger partial charge >= 0.3 is 0 Å². The zero-order chi connectivity index (χ0) is 22.2. The molecule has 3 rings (SSSR count). The molecule has 1 aromatic heterocycles. The fourth-order valence-corrected chi connectivity index (χ4v) is 3.94. The second-order valence-electron chi connectivity index (χ2n) is 7.35. The number of hydrogen-bond acceptors (Lipinski definition) is 5. The monoisotopic (exact) mass is 450 g/mol. The van der Waals surface area contributed by atoms with Crippen LogP contribution in [0.4, 0.5) is 15.8 Å². The van der Waals surface area contributed by atoms with Crippen LogP contribution >= 0.6 is 12.2 Å². The quantitative estimate of drug-likeness (QED) is 0.344. The maximum absolute atomic E-state index is 13.6. The van der Waals surface area contributed by atoms with Gasteiger partial charge in [0.15, 0.2) is 5.11 Å². The number of fused-ring (bicyclic) bond motifs is 1. The summed E-state index contributed by atoms with van der Waals surface area (Å²) in [6.45, 7) is 5.84. The van der Waals surface area contributed by atoms with Crippen LogP contribution in [0.25, 0.3) is 11.0 Å². The Morgan fingerprint density at radius 3 is 2.53 bits per heavy atom. The lowest BCUT2D eigenvalue weighted by Crippen LogP contribution is -2.35. The molecule has 0 aliphatic carbocycles. The number of rotatable bonds is 5. The summed E-state index contributed by atoms with van der Waals surface area (Å²) >= 11 is 5.41. The predicted molar refractivity (Wildman–Crippen MR) is 120 cm³/mol. The van der Waals surface area contributed by atoms with E-state index in [2.05, 4.69) is 10.6 Å². The number of primary sulfonamides is 1. The van der Waals surface area contributed by atoms with Crippen molar-refractivity contribution in [1.29, 1.82) is 0 Å². The number of aryl methyl sites for hydroxylation is 1. The molecule has 0 amide bonds. The molecule has 0 bridgehead atoms. The van der Waals surface area contributed by atoms with Gasteiger partial charge in [-0.25, -0.2) is 17.9 Å². The molecule has 0 saturated carbocycles. The molecule has 10 heteroatoms. The fourth-order valence-electron chi connectivity index (χ4n) is 3.16. The largest absolute Gasteiger partial charge is 0.459 e. The third-order valence-electron chi connectivity index (χ3n) is 4.77. The number of nitrogens with one attached hydrogen (secondary N) is 2. The summed E-state index contributed by atoms with van der Waals surface area (Å²) in [5, 5.41) is 12.2. The molecule has 0 aliphatic rings. The zero-order valence-corrected chi connectivity index (χ0v) is 18.3. The van der Waals surface area contributed by atoms with Crippen LogP contribution in [0.5, 0.6) is 0 Å². The molecule has 7 nitrogen and oxygen atoms in total. The Hall–Kier alpha value is -2.69. The van der Waals surface area contributed by atoms with E-state index in [0.29, 0.717) is 28.1 Å². The van der Waals surface area contributed by atoms with Crippen molar-refractivity contribution in [3.8, 4) is 0 Å². The maximum Gasteiger partial charge on any atom is 0.238 e. The van der Waals surface area contributed by atoms with Crippen LogP contribution in [0, 0.1) is 18.7 Å². The molecule has 1 heterocycles. The van der Waals surface area contributed by atoms with Crippen LogP contribution in [0.15, 0.2) is 45.7 Å². The summed E-state index contributed by atoms with van der Waals surface area (Å²) in [6, 6.07) is 8.13. The first kappa shape index (κ1) is 22.0. The summed E-state index contributed by atoms with van der Waals surface area (Å²) in [5.41, 5.74) is 7.95. The van der Waals surface area contributed by atoms with Crippen LogP contribution < -0.4 is 21.5 Å². The van der Waals surface area contributed by atoms with E-state index in [-0.39, 0.29) is 27.8 Å². The van der Waals surface area contributed by atoms with Gasteiger partial charge in [-0.3, -0.25) is 0 Å². The average molecular weight is 451 g/mol. The number of furan rings is 1. The lowest BCUT2D eigenvalue weighted by Gasteiger charge is -2.23. The number of thiocarbonyl (C=S) groups is 1. The number of nitrogen functional groups attached to an aromatic ring is 1. The molecule has 0 radical (unpaired) electrons. The molecular formula is C20H23FN4O3S2. The average Bonchev–Trinajstić information content (AvgIpc) is 2.96. The van der Waals surface area contributed by atoms with Crippen molar-refractivity contribution in [3.05, 3.63) is 53.5 Å². The van der Waals surface area contributed by atoms with E-state index < -0.39 is 10.0 Å². The lowest BCUT2D eigenvalue weighted by molar-refractivity contribution is 0.388. The minimum atomic E-state index is -3.89. The first-order valence-corrected chi connectivity index (χ1v) is 11.1. The molecular weight excluding hydrogens is 427 g/mol. The highest BCUT2D eigenvalue weighted by atomic mass is 32.2. The van der Waals surface area contributed by atoms with Crippen LogP contribution in [0.3, 0.4) is 0 Å². The van der Waals surface area contributed by atoms with Crippen molar-refractivity contribution in [2.75, 3.05) is 11.1 Å². The number of benzene rings is 2. The predicted octanol–water partition coefficient (Wildman–Crippen LogP) is 3.79. The number of hydrogen-bond donors (Lipinski definition) is 4. The van der Waals surface area contributed by atoms with Crippen molar-refractivity contribution in [3.63, 3.8) is 0 Å². The summed E-state index contributed by atoms with van der Waals surface area (Å²) < 4.78 is 42.8. The minimum Gasteiger partial charge on any atom is -0.459 e. The van der Waals surface area contributed by atoms with Gasteiger partial charge in [-0.15, -0.1) is 0 Å². The van der Waals surface area contributed by atoms with Gasteiger partial charge in [0.1, 0.15) is 17.2 Å². The Bertz CT molecular complexity index is 1220. The van der Waals surface area contributed by atoms with Crippen LogP contribution in [-0.4, -0.2) is 13.5 Å². The van der Waals surface area contributed by atoms with E-state index in [9.17, 15) is 12.8 Å². The van der Waals surface area contributed by atoms with E-state index in [0.717, 1.165) is 5.56 Å². The summed E-state index contributed by atoms with van der Waals surface area (Å²) in [6.07, 6.45) is 0. The summed E-state index contributed by atoms with van der Waals surface area (Å²) in [5.74, 6) is 0.373. The molecule has 3 aromatic rings. The third kappa shape index (κ3) is 4.55. The molecule has 0 aliphatic heterocycles. The highest BCUT2D eigenvalue weighted by molar-refractivity contribution is 7.89. The van der Waals surface area contributed by atoms with Crippen molar-refractivity contribution in [2.24, 2.45) is 11.1 Å². The molecule has 0 fully saturated rings. The van der Waals surface area contributed by atoms with Crippen molar-refractivity contribution < 1.29 is 17.2 Å². The highest BCUT2D eigenvalue weighted by Gasteiger charge is 2.25. The SMILES string of the molecule is Cc1c([C@@H](NC(=S)Nc2cc(S(N)(=O)=O)ccc2N)C(C)C)oc2ccc(F)cc12. The van der Waals surface area contributed by atoms with Gasteiger partial charge in [-0.1, -0.05) is 13.8 Å². The first-order valence-electron chi connectivity index (χ1n) is 9.15. The second kappa shape index (κ2) is 8.21. The Morgan fingerprint density at radius 2 is 1.90 bits per heavy atom. The molecule has 1 atom stereocenters. The number of nitrogens with two attached hydrogens (primary N) is 2. The van der Waals surface area contributed by atoms with Gasteiger partial charge < -0.3 is 20.8 Å². The number of halogens is 1. The number of anilines is 2. The Balaban J connectivity index is 1.88. The first-order chi connectivity index (χ1) is 14.0. The van der Waals surface area contributed by atoms with Gasteiger partial charge in [0.25, 0.3) is 0 Å². The number of sulfonamides is 1. The maximum atomic E-state index is 13.6. The highest BCUT2D eigenvalue weighted by Crippen LogP contribution is 2.33. The van der Waals surface area contributed by atoms with Crippen molar-refractivity contribution in [2.45, 2.75) is 31.7 Å². The summed E-state index contributed by atoms with van der Waals surface area (Å²) in [4.78, 5) is -0.0856. The lowest BCUT2D eigenvalue weighted by atomic mass is 9.98. The van der Waals surface area contributed by atoms with Crippen LogP contribution in [0.2, 0.25) is 0 Å². The third-order valence-corrected chi connectivity index (χ3v) is 5.90. The normalized spacial score (nSPS) is 12.9. The van der Waals surface area contributed by atoms with Crippen molar-refractivity contribution in [1.82, 2.24) is 5.32 Å². The Morgan fingerprint density at radius 1 is 1.20 bits per heavy atom. The molecule has 0 unspecified atom stereocenters. The zero-order valence-electron chi connectivity index (χ0n) is 16.7. The van der Waals surface area contributed by atoms with Gasteiger partial charge in [0.2, 0.25) is 10.0 Å². The van der Waals surface area contributed by atoms with E-state index in [1.54, 1.807) is 6.07 Å². The van der Waals surface area contributed by atoms with Gasteiger partial charge in [0, 0.05) is 10.9 Å². The minimum absolute atomic E-state index is 0.0713. The summed E-state index contributed by atoms with van der Waals surface area (Å²) in [7, 11) is -3.89. The Kier molecular flexibility index (Phi) is 6.02. The van der Waals surface area contributed by atoms with Gasteiger partial charge in [-0.05, 0) is 61.5 Å². The molecule has 160 valence electrons. The topological polar surface area (TPSA) is 123 Å².